The Balaban J connectivity index is 2.02. The van der Waals surface area contributed by atoms with Crippen molar-refractivity contribution in [3.63, 3.8) is 0 Å². The van der Waals surface area contributed by atoms with Crippen molar-refractivity contribution in [3.8, 4) is 0 Å². The van der Waals surface area contributed by atoms with Crippen LogP contribution in [0.3, 0.4) is 0 Å². The third-order valence-corrected chi connectivity index (χ3v) is 3.67. The molecule has 2 N–H and O–H groups in total. The minimum absolute atomic E-state index is 0.778. The summed E-state index contributed by atoms with van der Waals surface area (Å²) in [5.74, 6) is 7.67. The highest BCUT2D eigenvalue weighted by Crippen LogP contribution is 2.21. The molecule has 0 aliphatic carbocycles. The van der Waals surface area contributed by atoms with Gasteiger partial charge in [-0.15, -0.1) is 10.2 Å². The molecule has 96 valence electrons. The number of aryl methyl sites for hydroxylation is 2. The van der Waals surface area contributed by atoms with Gasteiger partial charge in [-0.25, -0.2) is 4.68 Å². The number of aromatic nitrogens is 3. The van der Waals surface area contributed by atoms with Crippen LogP contribution in [0.4, 0.5) is 0 Å². The van der Waals surface area contributed by atoms with E-state index in [0.717, 1.165) is 29.6 Å². The number of benzene rings is 1. The molecule has 1 aromatic carbocycles. The molecule has 18 heavy (non-hydrogen) atoms. The third-order valence-electron chi connectivity index (χ3n) is 2.66. The van der Waals surface area contributed by atoms with Crippen LogP contribution in [0.25, 0.3) is 0 Å². The maximum Gasteiger partial charge on any atom is 0.210 e. The van der Waals surface area contributed by atoms with Gasteiger partial charge in [0.05, 0.1) is 0 Å². The Hall–Kier alpha value is -1.49. The molecule has 0 aliphatic rings. The van der Waals surface area contributed by atoms with Gasteiger partial charge in [0.15, 0.2) is 5.82 Å². The predicted molar refractivity (Wildman–Crippen MR) is 74.9 cm³/mol. The smallest absolute Gasteiger partial charge is 0.210 e. The van der Waals surface area contributed by atoms with Gasteiger partial charge in [-0.3, -0.25) is 0 Å². The first-order valence-corrected chi connectivity index (χ1v) is 7.07. The molecule has 1 heterocycles. The average molecular weight is 262 g/mol. The summed E-state index contributed by atoms with van der Waals surface area (Å²) in [5.41, 5.74) is 2.55. The summed E-state index contributed by atoms with van der Waals surface area (Å²) in [6, 6.07) is 8.46. The summed E-state index contributed by atoms with van der Waals surface area (Å²) in [7, 11) is 0. The Morgan fingerprint density at radius 1 is 1.33 bits per heavy atom. The van der Waals surface area contributed by atoms with Crippen LogP contribution >= 0.6 is 11.8 Å². The zero-order chi connectivity index (χ0) is 13.0. The van der Waals surface area contributed by atoms with E-state index < -0.39 is 0 Å². The first-order chi connectivity index (χ1) is 8.70. The van der Waals surface area contributed by atoms with Crippen molar-refractivity contribution in [3.05, 3.63) is 41.2 Å². The molecular weight excluding hydrogens is 244 g/mol. The highest BCUT2D eigenvalue weighted by Gasteiger charge is 2.09. The molecule has 0 saturated carbocycles. The zero-order valence-electron chi connectivity index (χ0n) is 10.8. The van der Waals surface area contributed by atoms with Crippen LogP contribution in [0.5, 0.6) is 0 Å². The van der Waals surface area contributed by atoms with E-state index in [1.807, 2.05) is 0 Å². The Labute approximate surface area is 112 Å². The van der Waals surface area contributed by atoms with Crippen LogP contribution in [-0.4, -0.2) is 14.9 Å². The second-order valence-corrected chi connectivity index (χ2v) is 5.24. The fourth-order valence-electron chi connectivity index (χ4n) is 1.75. The molecule has 0 aliphatic heterocycles. The average Bonchev–Trinajstić information content (AvgIpc) is 2.69. The molecular formula is C13H18N4S. The molecule has 0 atom stereocenters. The molecule has 0 amide bonds. The monoisotopic (exact) mass is 262 g/mol. The van der Waals surface area contributed by atoms with Gasteiger partial charge in [0, 0.05) is 12.2 Å². The lowest BCUT2D eigenvalue weighted by Gasteiger charge is -2.03. The van der Waals surface area contributed by atoms with Gasteiger partial charge in [0.1, 0.15) is 0 Å². The molecule has 0 fully saturated rings. The maximum absolute atomic E-state index is 5.95. The van der Waals surface area contributed by atoms with Gasteiger partial charge in [-0.05, 0) is 18.9 Å². The topological polar surface area (TPSA) is 56.7 Å². The number of nitrogens with two attached hydrogens (primary N) is 1. The molecule has 2 rings (SSSR count). The van der Waals surface area contributed by atoms with Gasteiger partial charge in [0.2, 0.25) is 5.16 Å². The summed E-state index contributed by atoms with van der Waals surface area (Å²) >= 11 is 1.62. The maximum atomic E-state index is 5.95. The molecule has 1 aromatic heterocycles. The van der Waals surface area contributed by atoms with Crippen LogP contribution in [0.2, 0.25) is 0 Å². The van der Waals surface area contributed by atoms with Crippen molar-refractivity contribution in [1.82, 2.24) is 14.9 Å². The standard InChI is InChI=1S/C13H18N4S/c1-3-5-12-15-16-13(17(12)14)18-9-11-7-4-6-10(2)8-11/h4,6-8H,3,5,9,14H2,1-2H3. The first-order valence-electron chi connectivity index (χ1n) is 6.08. The Morgan fingerprint density at radius 3 is 2.89 bits per heavy atom. The zero-order valence-corrected chi connectivity index (χ0v) is 11.6. The molecule has 5 heteroatoms. The van der Waals surface area contributed by atoms with E-state index in [2.05, 4.69) is 48.3 Å². The summed E-state index contributed by atoms with van der Waals surface area (Å²) in [5, 5.41) is 9.00. The van der Waals surface area contributed by atoms with Crippen LogP contribution in [0.15, 0.2) is 29.4 Å². The quantitative estimate of drug-likeness (QED) is 0.664. The van der Waals surface area contributed by atoms with E-state index in [1.165, 1.54) is 11.1 Å². The highest BCUT2D eigenvalue weighted by atomic mass is 32.2. The molecule has 4 nitrogen and oxygen atoms in total. The van der Waals surface area contributed by atoms with Gasteiger partial charge in [-0.1, -0.05) is 48.5 Å². The van der Waals surface area contributed by atoms with Gasteiger partial charge in [0.25, 0.3) is 0 Å². The Morgan fingerprint density at radius 2 is 2.17 bits per heavy atom. The van der Waals surface area contributed by atoms with Crippen molar-refractivity contribution in [2.24, 2.45) is 0 Å². The summed E-state index contributed by atoms with van der Waals surface area (Å²) in [4.78, 5) is 0. The van der Waals surface area contributed by atoms with Gasteiger partial charge >= 0.3 is 0 Å². The second kappa shape index (κ2) is 5.91. The lowest BCUT2D eigenvalue weighted by atomic mass is 10.2. The third kappa shape index (κ3) is 3.04. The number of nitrogens with zero attached hydrogens (tertiary/aromatic N) is 3. The largest absolute Gasteiger partial charge is 0.336 e. The van der Waals surface area contributed by atoms with Crippen molar-refractivity contribution >= 4 is 11.8 Å². The van der Waals surface area contributed by atoms with E-state index in [1.54, 1.807) is 16.4 Å². The molecule has 0 saturated heterocycles. The molecule has 0 spiro atoms. The SMILES string of the molecule is CCCc1nnc(SCc2cccc(C)c2)n1N. The van der Waals surface area contributed by atoms with Gasteiger partial charge in [-0.2, -0.15) is 0 Å². The van der Waals surface area contributed by atoms with E-state index in [0.29, 0.717) is 0 Å². The van der Waals surface area contributed by atoms with E-state index in [-0.39, 0.29) is 0 Å². The van der Waals surface area contributed by atoms with Crippen LogP contribution < -0.4 is 5.84 Å². The Kier molecular flexibility index (Phi) is 4.25. The van der Waals surface area contributed by atoms with Crippen molar-refractivity contribution < 1.29 is 0 Å². The lowest BCUT2D eigenvalue weighted by Crippen LogP contribution is -2.13. The molecule has 0 radical (unpaired) electrons. The number of thioether (sulfide) groups is 1. The molecule has 2 aromatic rings. The number of rotatable bonds is 5. The normalized spacial score (nSPS) is 10.8. The van der Waals surface area contributed by atoms with Crippen molar-refractivity contribution in [1.29, 1.82) is 0 Å². The van der Waals surface area contributed by atoms with E-state index in [9.17, 15) is 0 Å². The van der Waals surface area contributed by atoms with Crippen LogP contribution in [-0.2, 0) is 12.2 Å². The summed E-state index contributed by atoms with van der Waals surface area (Å²) < 4.78 is 1.60. The van der Waals surface area contributed by atoms with E-state index >= 15 is 0 Å². The van der Waals surface area contributed by atoms with Gasteiger partial charge < -0.3 is 5.84 Å². The van der Waals surface area contributed by atoms with Crippen molar-refractivity contribution in [2.75, 3.05) is 5.84 Å². The molecule has 0 bridgehead atoms. The Bertz CT molecular complexity index is 521. The summed E-state index contributed by atoms with van der Waals surface area (Å²) in [6.07, 6.45) is 1.90. The summed E-state index contributed by atoms with van der Waals surface area (Å²) in [6.45, 7) is 4.20. The predicted octanol–water partition coefficient (Wildman–Crippen LogP) is 2.55. The second-order valence-electron chi connectivity index (χ2n) is 4.30. The first kappa shape index (κ1) is 13.0. The number of hydrogen-bond donors (Lipinski definition) is 1. The number of hydrogen-bond acceptors (Lipinski definition) is 4. The van der Waals surface area contributed by atoms with Crippen LogP contribution in [0, 0.1) is 6.92 Å². The fraction of sp³-hybridized carbons (Fsp3) is 0.385. The minimum Gasteiger partial charge on any atom is -0.336 e. The van der Waals surface area contributed by atoms with Crippen molar-refractivity contribution in [2.45, 2.75) is 37.6 Å². The molecule has 0 unspecified atom stereocenters. The highest BCUT2D eigenvalue weighted by molar-refractivity contribution is 7.98. The minimum atomic E-state index is 0.778. The van der Waals surface area contributed by atoms with E-state index in [4.69, 9.17) is 5.84 Å². The fourth-order valence-corrected chi connectivity index (χ4v) is 2.57. The lowest BCUT2D eigenvalue weighted by molar-refractivity contribution is 0.757. The number of nitrogen functional groups attached to an aromatic ring is 1. The van der Waals surface area contributed by atoms with Crippen LogP contribution in [0.1, 0.15) is 30.3 Å².